The van der Waals surface area contributed by atoms with Crippen LogP contribution in [0.1, 0.15) is 6.42 Å². The number of hydrogen-bond acceptors (Lipinski definition) is 5. The van der Waals surface area contributed by atoms with Crippen LogP contribution in [0.2, 0.25) is 0 Å². The van der Waals surface area contributed by atoms with Gasteiger partial charge in [0.25, 0.3) is 0 Å². The Morgan fingerprint density at radius 3 is 2.36 bits per heavy atom. The van der Waals surface area contributed by atoms with Crippen molar-refractivity contribution in [3.05, 3.63) is 0 Å². The summed E-state index contributed by atoms with van der Waals surface area (Å²) in [4.78, 5) is 22.6. The van der Waals surface area contributed by atoms with Gasteiger partial charge in [0.05, 0.1) is 0 Å². The van der Waals surface area contributed by atoms with E-state index in [1.165, 1.54) is 0 Å². The van der Waals surface area contributed by atoms with Crippen molar-refractivity contribution in [1.82, 2.24) is 0 Å². The minimum absolute atomic E-state index is 1.14. The molecule has 0 aliphatic heterocycles. The van der Waals surface area contributed by atoms with Gasteiger partial charge >= 0.3 is 11.9 Å². The first-order valence-electron chi connectivity index (χ1n) is 2.46. The van der Waals surface area contributed by atoms with E-state index in [0.717, 1.165) is 0 Å². The number of nitrogens with two attached hydrogens (primary N) is 1. The summed E-state index contributed by atoms with van der Waals surface area (Å²) in [5.74, 6) is -3.37. The summed E-state index contributed by atoms with van der Waals surface area (Å²) in [6.07, 6.45) is -1.14. The smallest absolute Gasteiger partial charge is 0.353 e. The summed E-state index contributed by atoms with van der Waals surface area (Å²) in [7, 11) is 0. The minimum atomic E-state index is -2.77. The lowest BCUT2D eigenvalue weighted by atomic mass is 10.2. The van der Waals surface area contributed by atoms with Gasteiger partial charge in [-0.1, -0.05) is 0 Å². The van der Waals surface area contributed by atoms with Crippen LogP contribution < -0.4 is 5.73 Å². The largest absolute Gasteiger partial charge is 0.478 e. The lowest BCUT2D eigenvalue weighted by Crippen LogP contribution is -2.49. The second kappa shape index (κ2) is 3.26. The summed E-state index contributed by atoms with van der Waals surface area (Å²) < 4.78 is 11.0. The van der Waals surface area contributed by atoms with Crippen LogP contribution in [0.25, 0.3) is 0 Å². The first-order chi connectivity index (χ1) is 4.90. The molecule has 11 heavy (non-hydrogen) atoms. The molecule has 0 aromatic rings. The van der Waals surface area contributed by atoms with Gasteiger partial charge in [0.1, 0.15) is 6.42 Å². The fourth-order valence-electron chi connectivity index (χ4n) is 0.323. The van der Waals surface area contributed by atoms with E-state index in [1.807, 2.05) is 0 Å². The molecule has 0 radical (unpaired) electrons. The van der Waals surface area contributed by atoms with Crippen molar-refractivity contribution in [2.45, 2.75) is 12.1 Å². The highest BCUT2D eigenvalue weighted by molar-refractivity contribution is 5.83. The zero-order valence-corrected chi connectivity index (χ0v) is 5.28. The number of aliphatic carboxylic acids is 1. The molecule has 0 rings (SSSR count). The molecule has 64 valence electrons. The molecule has 7 heteroatoms. The van der Waals surface area contributed by atoms with Crippen LogP contribution in [0.15, 0.2) is 0 Å². The van der Waals surface area contributed by atoms with Crippen molar-refractivity contribution >= 4 is 11.9 Å². The molecule has 0 aromatic carbocycles. The summed E-state index contributed by atoms with van der Waals surface area (Å²) in [5.41, 5.74) is 1.85. The topological polar surface area (TPSA) is 110 Å². The van der Waals surface area contributed by atoms with E-state index in [4.69, 9.17) is 10.2 Å². The first kappa shape index (κ1) is 9.79. The van der Waals surface area contributed by atoms with Gasteiger partial charge in [-0.05, 0) is 0 Å². The van der Waals surface area contributed by atoms with Crippen molar-refractivity contribution in [1.29, 1.82) is 0 Å². The molecule has 0 saturated carbocycles. The number of aliphatic hydroxyl groups is 1. The highest BCUT2D eigenvalue weighted by Crippen LogP contribution is 2.03. The Bertz CT molecular complexity index is 179. The zero-order valence-electron chi connectivity index (χ0n) is 5.28. The quantitative estimate of drug-likeness (QED) is 0.443. The molecule has 0 fully saturated rings. The number of carboxylic acid groups (broad SMARTS) is 1. The number of carbonyl (C=O) groups excluding carboxylic acids is 1. The average Bonchev–Trinajstić information content (AvgIpc) is 1.86. The summed E-state index contributed by atoms with van der Waals surface area (Å²) in [6.45, 7) is 0. The molecule has 0 aromatic heterocycles. The minimum Gasteiger partial charge on any atom is -0.478 e. The van der Waals surface area contributed by atoms with E-state index >= 15 is 0 Å². The van der Waals surface area contributed by atoms with E-state index in [0.29, 0.717) is 0 Å². The van der Waals surface area contributed by atoms with Gasteiger partial charge in [-0.2, -0.15) is 0 Å². The summed E-state index contributed by atoms with van der Waals surface area (Å²) in [5, 5.41) is 16.7. The normalized spacial score (nSPS) is 15.2. The fraction of sp³-hybridized carbons (Fsp3) is 0.500. The fourth-order valence-corrected chi connectivity index (χ4v) is 0.323. The molecule has 0 heterocycles. The molecule has 1 unspecified atom stereocenters. The lowest BCUT2D eigenvalue weighted by Gasteiger charge is -2.13. The average molecular weight is 167 g/mol. The monoisotopic (exact) mass is 167 g/mol. The molecule has 0 aliphatic carbocycles. The first-order valence-corrected chi connectivity index (χ1v) is 2.46. The van der Waals surface area contributed by atoms with Gasteiger partial charge in [-0.15, -0.1) is 0 Å². The highest BCUT2D eigenvalue weighted by Gasteiger charge is 2.34. The van der Waals surface area contributed by atoms with Gasteiger partial charge in [0.2, 0.25) is 5.72 Å². The lowest BCUT2D eigenvalue weighted by molar-refractivity contribution is -0.192. The van der Waals surface area contributed by atoms with E-state index < -0.39 is 24.1 Å². The molecule has 0 amide bonds. The van der Waals surface area contributed by atoms with Crippen LogP contribution in [0.4, 0.5) is 4.53 Å². The molecule has 0 bridgehead atoms. The Morgan fingerprint density at radius 2 is 2.09 bits per heavy atom. The van der Waals surface area contributed by atoms with E-state index in [1.54, 1.807) is 0 Å². The van der Waals surface area contributed by atoms with Crippen LogP contribution in [-0.2, 0) is 14.5 Å². The third-order valence-corrected chi connectivity index (χ3v) is 0.870. The van der Waals surface area contributed by atoms with Crippen LogP contribution in [0, 0.1) is 0 Å². The van der Waals surface area contributed by atoms with Crippen LogP contribution in [0.5, 0.6) is 0 Å². The zero-order chi connectivity index (χ0) is 9.07. The Morgan fingerprint density at radius 1 is 1.64 bits per heavy atom. The third kappa shape index (κ3) is 2.92. The maximum atomic E-state index is 11.0. The Kier molecular flexibility index (Phi) is 2.90. The maximum Gasteiger partial charge on any atom is 0.353 e. The van der Waals surface area contributed by atoms with Crippen molar-refractivity contribution in [2.24, 2.45) is 5.73 Å². The standard InChI is InChI=1S/C4H6FNO5/c5-11-2(7)1-4(6,10)3(8)9/h10H,1,6H2,(H,8,9). The van der Waals surface area contributed by atoms with Gasteiger partial charge < -0.3 is 10.2 Å². The van der Waals surface area contributed by atoms with Gasteiger partial charge in [-0.3, -0.25) is 10.7 Å². The molecular formula is C4H6FNO5. The van der Waals surface area contributed by atoms with E-state index in [9.17, 15) is 14.1 Å². The van der Waals surface area contributed by atoms with Gasteiger partial charge in [-0.25, -0.2) is 9.59 Å². The van der Waals surface area contributed by atoms with Crippen LogP contribution >= 0.6 is 0 Å². The van der Waals surface area contributed by atoms with E-state index in [-0.39, 0.29) is 0 Å². The Labute approximate surface area is 60.3 Å². The second-order valence-corrected chi connectivity index (χ2v) is 1.86. The molecule has 6 nitrogen and oxygen atoms in total. The Balaban J connectivity index is 4.12. The number of carbonyl (C=O) groups is 2. The van der Waals surface area contributed by atoms with Crippen molar-refractivity contribution in [2.75, 3.05) is 0 Å². The predicted octanol–water partition coefficient (Wildman–Crippen LogP) is -1.46. The molecular weight excluding hydrogens is 161 g/mol. The number of carboxylic acids is 1. The van der Waals surface area contributed by atoms with Crippen molar-refractivity contribution in [3.8, 4) is 0 Å². The molecule has 0 spiro atoms. The van der Waals surface area contributed by atoms with Crippen LogP contribution in [0.3, 0.4) is 0 Å². The van der Waals surface area contributed by atoms with Crippen molar-refractivity contribution < 1.29 is 29.3 Å². The number of halogens is 1. The third-order valence-electron chi connectivity index (χ3n) is 0.870. The number of rotatable bonds is 3. The SMILES string of the molecule is NC(O)(CC(=O)OF)C(=O)O. The van der Waals surface area contributed by atoms with Crippen LogP contribution in [-0.4, -0.2) is 27.9 Å². The molecule has 1 atom stereocenters. The molecule has 0 saturated heterocycles. The Hall–Kier alpha value is -1.21. The molecule has 4 N–H and O–H groups in total. The maximum absolute atomic E-state index is 11.0. The highest BCUT2D eigenvalue weighted by atomic mass is 19.3. The summed E-state index contributed by atoms with van der Waals surface area (Å²) >= 11 is 0. The van der Waals surface area contributed by atoms with Gasteiger partial charge in [0.15, 0.2) is 0 Å². The summed E-state index contributed by atoms with van der Waals surface area (Å²) in [6, 6.07) is 0. The van der Waals surface area contributed by atoms with Gasteiger partial charge in [0, 0.05) is 4.53 Å². The number of hydrogen-bond donors (Lipinski definition) is 3. The molecule has 0 aliphatic rings. The van der Waals surface area contributed by atoms with E-state index in [2.05, 4.69) is 10.7 Å². The predicted molar refractivity (Wildman–Crippen MR) is 28.6 cm³/mol. The van der Waals surface area contributed by atoms with Crippen molar-refractivity contribution in [3.63, 3.8) is 0 Å². The second-order valence-electron chi connectivity index (χ2n) is 1.86.